The van der Waals surface area contributed by atoms with Gasteiger partial charge >= 0.3 is 0 Å². The lowest BCUT2D eigenvalue weighted by molar-refractivity contribution is 0.372. The molecule has 0 spiro atoms. The zero-order valence-electron chi connectivity index (χ0n) is 10.4. The molecule has 102 valence electrons. The first kappa shape index (κ1) is 12.2. The number of hydrogen-bond acceptors (Lipinski definition) is 6. The lowest BCUT2D eigenvalue weighted by atomic mass is 10.1. The first-order chi connectivity index (χ1) is 9.54. The number of benzene rings is 2. The molecule has 3 rings (SSSR count). The van der Waals surface area contributed by atoms with Crippen molar-refractivity contribution in [1.29, 1.82) is 0 Å². The van der Waals surface area contributed by atoms with Crippen molar-refractivity contribution < 1.29 is 24.5 Å². The van der Waals surface area contributed by atoms with E-state index in [9.17, 15) is 20.1 Å². The quantitative estimate of drug-likeness (QED) is 0.464. The molecule has 0 saturated carbocycles. The second kappa shape index (κ2) is 4.06. The summed E-state index contributed by atoms with van der Waals surface area (Å²) in [5.41, 5.74) is -0.527. The predicted octanol–water partition coefficient (Wildman–Crippen LogP) is 2.07. The van der Waals surface area contributed by atoms with Crippen LogP contribution in [0.2, 0.25) is 0 Å². The van der Waals surface area contributed by atoms with Crippen LogP contribution in [0.25, 0.3) is 21.9 Å². The first-order valence-electron chi connectivity index (χ1n) is 5.72. The Kier molecular flexibility index (Phi) is 2.47. The molecule has 0 unspecified atom stereocenters. The second-order valence-corrected chi connectivity index (χ2v) is 4.23. The van der Waals surface area contributed by atoms with Crippen molar-refractivity contribution in [2.24, 2.45) is 0 Å². The van der Waals surface area contributed by atoms with Crippen molar-refractivity contribution in [1.82, 2.24) is 0 Å². The van der Waals surface area contributed by atoms with Crippen molar-refractivity contribution in [2.45, 2.75) is 0 Å². The zero-order valence-corrected chi connectivity index (χ0v) is 10.4. The maximum Gasteiger partial charge on any atom is 0.204 e. The van der Waals surface area contributed by atoms with E-state index < -0.39 is 16.9 Å². The number of phenols is 3. The van der Waals surface area contributed by atoms with Gasteiger partial charge in [0.25, 0.3) is 0 Å². The smallest absolute Gasteiger partial charge is 0.204 e. The predicted molar refractivity (Wildman–Crippen MR) is 71.5 cm³/mol. The summed E-state index contributed by atoms with van der Waals surface area (Å²) < 4.78 is 10.4. The van der Waals surface area contributed by atoms with Gasteiger partial charge in [-0.2, -0.15) is 0 Å². The highest BCUT2D eigenvalue weighted by molar-refractivity contribution is 5.96. The van der Waals surface area contributed by atoms with Gasteiger partial charge in [0.15, 0.2) is 22.8 Å². The molecular weight excluding hydrogens is 264 g/mol. The molecule has 0 atom stereocenters. The standard InChI is InChI=1S/C14H10O6/c1-19-9-4-2-6-11(16)10-8(20-14(6)13(9)18)5-3-7(15)12(10)17/h2-5,15,17-18H,1H3. The Hall–Kier alpha value is -2.89. The van der Waals surface area contributed by atoms with E-state index in [2.05, 4.69) is 0 Å². The summed E-state index contributed by atoms with van der Waals surface area (Å²) >= 11 is 0. The molecule has 0 saturated heterocycles. The summed E-state index contributed by atoms with van der Waals surface area (Å²) in [6, 6.07) is 5.37. The molecular formula is C14H10O6. The largest absolute Gasteiger partial charge is 0.504 e. The van der Waals surface area contributed by atoms with Gasteiger partial charge in [0.05, 0.1) is 12.5 Å². The molecule has 0 fully saturated rings. The van der Waals surface area contributed by atoms with E-state index in [0.717, 1.165) is 0 Å². The summed E-state index contributed by atoms with van der Waals surface area (Å²) in [7, 11) is 1.38. The Morgan fingerprint density at radius 1 is 1.05 bits per heavy atom. The van der Waals surface area contributed by atoms with Crippen LogP contribution in [-0.4, -0.2) is 22.4 Å². The van der Waals surface area contributed by atoms with E-state index >= 15 is 0 Å². The maximum atomic E-state index is 12.3. The van der Waals surface area contributed by atoms with Gasteiger partial charge in [0.2, 0.25) is 11.2 Å². The SMILES string of the molecule is COc1ccc2c(=O)c3c(O)c(O)ccc3oc2c1O. The lowest BCUT2D eigenvalue weighted by Gasteiger charge is -2.08. The Labute approximate surface area is 112 Å². The van der Waals surface area contributed by atoms with Gasteiger partial charge in [-0.25, -0.2) is 0 Å². The van der Waals surface area contributed by atoms with Gasteiger partial charge < -0.3 is 24.5 Å². The number of fused-ring (bicyclic) bond motifs is 2. The van der Waals surface area contributed by atoms with Crippen molar-refractivity contribution in [3.8, 4) is 23.0 Å². The van der Waals surface area contributed by atoms with Crippen LogP contribution < -0.4 is 10.2 Å². The molecule has 2 aromatic carbocycles. The van der Waals surface area contributed by atoms with E-state index in [1.54, 1.807) is 0 Å². The summed E-state index contributed by atoms with van der Waals surface area (Å²) in [4.78, 5) is 12.3. The van der Waals surface area contributed by atoms with Gasteiger partial charge in [-0.05, 0) is 24.3 Å². The summed E-state index contributed by atoms with van der Waals surface area (Å²) in [6.07, 6.45) is 0. The zero-order chi connectivity index (χ0) is 14.4. The Morgan fingerprint density at radius 3 is 2.50 bits per heavy atom. The summed E-state index contributed by atoms with van der Waals surface area (Å²) in [6.45, 7) is 0. The van der Waals surface area contributed by atoms with Crippen molar-refractivity contribution in [3.63, 3.8) is 0 Å². The molecule has 3 aromatic rings. The van der Waals surface area contributed by atoms with Crippen LogP contribution in [0, 0.1) is 0 Å². The monoisotopic (exact) mass is 274 g/mol. The minimum atomic E-state index is -0.549. The van der Waals surface area contributed by atoms with Crippen LogP contribution in [0.3, 0.4) is 0 Å². The van der Waals surface area contributed by atoms with E-state index in [1.165, 1.54) is 31.4 Å². The third-order valence-electron chi connectivity index (χ3n) is 3.12. The highest BCUT2D eigenvalue weighted by Gasteiger charge is 2.18. The molecule has 3 N–H and O–H groups in total. The molecule has 0 aliphatic rings. The molecule has 6 heteroatoms. The first-order valence-corrected chi connectivity index (χ1v) is 5.72. The van der Waals surface area contributed by atoms with Gasteiger partial charge in [-0.3, -0.25) is 4.79 Å². The van der Waals surface area contributed by atoms with Crippen molar-refractivity contribution >= 4 is 21.9 Å². The molecule has 0 radical (unpaired) electrons. The molecule has 0 aliphatic carbocycles. The number of ether oxygens (including phenoxy) is 1. The maximum absolute atomic E-state index is 12.3. The molecule has 0 bridgehead atoms. The van der Waals surface area contributed by atoms with Gasteiger partial charge in [0.1, 0.15) is 11.0 Å². The average Bonchev–Trinajstić information content (AvgIpc) is 2.44. The highest BCUT2D eigenvalue weighted by atomic mass is 16.5. The fourth-order valence-electron chi connectivity index (χ4n) is 2.11. The third kappa shape index (κ3) is 1.48. The van der Waals surface area contributed by atoms with Gasteiger partial charge in [-0.15, -0.1) is 0 Å². The number of aromatic hydroxyl groups is 3. The summed E-state index contributed by atoms with van der Waals surface area (Å²) in [5, 5.41) is 29.2. The van der Waals surface area contributed by atoms with Crippen molar-refractivity contribution in [2.75, 3.05) is 7.11 Å². The fraction of sp³-hybridized carbons (Fsp3) is 0.0714. The van der Waals surface area contributed by atoms with Crippen LogP contribution >= 0.6 is 0 Å². The van der Waals surface area contributed by atoms with Crippen LogP contribution in [0.1, 0.15) is 0 Å². The lowest BCUT2D eigenvalue weighted by Crippen LogP contribution is -2.02. The molecule has 1 aromatic heterocycles. The highest BCUT2D eigenvalue weighted by Crippen LogP contribution is 2.37. The van der Waals surface area contributed by atoms with Gasteiger partial charge in [0, 0.05) is 0 Å². The van der Waals surface area contributed by atoms with Gasteiger partial charge in [-0.1, -0.05) is 0 Å². The van der Waals surface area contributed by atoms with Crippen LogP contribution in [0.5, 0.6) is 23.0 Å². The van der Waals surface area contributed by atoms with Crippen molar-refractivity contribution in [3.05, 3.63) is 34.5 Å². The number of methoxy groups -OCH3 is 1. The van der Waals surface area contributed by atoms with E-state index in [4.69, 9.17) is 9.15 Å². The topological polar surface area (TPSA) is 100 Å². The fourth-order valence-corrected chi connectivity index (χ4v) is 2.11. The molecule has 0 amide bonds. The van der Waals surface area contributed by atoms with Crippen LogP contribution in [-0.2, 0) is 0 Å². The average molecular weight is 274 g/mol. The number of hydrogen-bond donors (Lipinski definition) is 3. The Balaban J connectivity index is 2.57. The summed E-state index contributed by atoms with van der Waals surface area (Å²) in [5.74, 6) is -1.09. The number of rotatable bonds is 1. The molecule has 20 heavy (non-hydrogen) atoms. The Bertz CT molecular complexity index is 894. The second-order valence-electron chi connectivity index (χ2n) is 4.23. The van der Waals surface area contributed by atoms with E-state index in [-0.39, 0.29) is 33.4 Å². The molecule has 6 nitrogen and oxygen atoms in total. The van der Waals surface area contributed by atoms with Crippen LogP contribution in [0.4, 0.5) is 0 Å². The molecule has 0 aliphatic heterocycles. The normalized spacial score (nSPS) is 11.1. The minimum Gasteiger partial charge on any atom is -0.504 e. The third-order valence-corrected chi connectivity index (χ3v) is 3.12. The Morgan fingerprint density at radius 2 is 1.80 bits per heavy atom. The molecule has 1 heterocycles. The number of phenolic OH excluding ortho intramolecular Hbond substituents is 3. The van der Waals surface area contributed by atoms with E-state index in [0.29, 0.717) is 0 Å². The van der Waals surface area contributed by atoms with E-state index in [1.807, 2.05) is 0 Å². The van der Waals surface area contributed by atoms with Crippen LogP contribution in [0.15, 0.2) is 33.5 Å². The minimum absolute atomic E-state index is 0.0352.